The number of nitrogens with two attached hydrogens (primary N) is 1. The Hall–Kier alpha value is -0.650. The fraction of sp³-hybridized carbons (Fsp3) is 0.938. The molecule has 0 spiro atoms. The summed E-state index contributed by atoms with van der Waals surface area (Å²) in [5.74, 6) is 0.260. The number of rotatable bonds is 4. The molecule has 21 heavy (non-hydrogen) atoms. The van der Waals surface area contributed by atoms with Gasteiger partial charge in [-0.15, -0.1) is 0 Å². The van der Waals surface area contributed by atoms with Gasteiger partial charge in [-0.05, 0) is 25.7 Å². The molecule has 1 unspecified atom stereocenters. The third kappa shape index (κ3) is 3.96. The molecule has 3 fully saturated rings. The van der Waals surface area contributed by atoms with Gasteiger partial charge in [0.25, 0.3) is 0 Å². The van der Waals surface area contributed by atoms with Gasteiger partial charge in [-0.2, -0.15) is 0 Å². The lowest BCUT2D eigenvalue weighted by Gasteiger charge is -2.37. The van der Waals surface area contributed by atoms with E-state index in [-0.39, 0.29) is 11.4 Å². The number of amides is 1. The van der Waals surface area contributed by atoms with E-state index in [1.165, 1.54) is 25.7 Å². The summed E-state index contributed by atoms with van der Waals surface area (Å²) < 4.78 is 5.69. The molecule has 5 heteroatoms. The van der Waals surface area contributed by atoms with Gasteiger partial charge in [0.2, 0.25) is 5.91 Å². The second kappa shape index (κ2) is 6.63. The highest BCUT2D eigenvalue weighted by atomic mass is 16.5. The zero-order valence-corrected chi connectivity index (χ0v) is 13.1. The minimum atomic E-state index is -0.216. The Bertz CT molecular complexity index is 355. The minimum Gasteiger partial charge on any atom is -0.377 e. The Morgan fingerprint density at radius 1 is 1.14 bits per heavy atom. The lowest BCUT2D eigenvalue weighted by atomic mass is 9.94. The van der Waals surface area contributed by atoms with E-state index in [4.69, 9.17) is 10.5 Å². The molecule has 2 saturated heterocycles. The van der Waals surface area contributed by atoms with Crippen molar-refractivity contribution in [2.24, 2.45) is 5.73 Å². The highest BCUT2D eigenvalue weighted by Gasteiger charge is 2.34. The van der Waals surface area contributed by atoms with E-state index in [2.05, 4.69) is 4.90 Å². The maximum Gasteiger partial charge on any atom is 0.224 e. The first-order chi connectivity index (χ1) is 10.1. The van der Waals surface area contributed by atoms with Crippen LogP contribution in [0.3, 0.4) is 0 Å². The Kier molecular flexibility index (Phi) is 4.82. The largest absolute Gasteiger partial charge is 0.377 e. The summed E-state index contributed by atoms with van der Waals surface area (Å²) in [5, 5.41) is 0. The van der Waals surface area contributed by atoms with Crippen molar-refractivity contribution in [3.63, 3.8) is 0 Å². The van der Waals surface area contributed by atoms with Crippen molar-refractivity contribution < 1.29 is 9.53 Å². The van der Waals surface area contributed by atoms with E-state index in [0.717, 1.165) is 52.2 Å². The molecule has 1 amide bonds. The Morgan fingerprint density at radius 2 is 1.86 bits per heavy atom. The fourth-order valence-corrected chi connectivity index (χ4v) is 3.93. The van der Waals surface area contributed by atoms with Crippen LogP contribution >= 0.6 is 0 Å². The highest BCUT2D eigenvalue weighted by Crippen LogP contribution is 2.30. The Balaban J connectivity index is 1.41. The van der Waals surface area contributed by atoms with Crippen molar-refractivity contribution in [3.8, 4) is 0 Å². The molecule has 3 rings (SSSR count). The van der Waals surface area contributed by atoms with Gasteiger partial charge in [-0.25, -0.2) is 0 Å². The summed E-state index contributed by atoms with van der Waals surface area (Å²) in [6.07, 6.45) is 7.72. The van der Waals surface area contributed by atoms with Gasteiger partial charge in [0.05, 0.1) is 6.10 Å². The van der Waals surface area contributed by atoms with Crippen LogP contribution in [0.15, 0.2) is 0 Å². The van der Waals surface area contributed by atoms with Crippen LogP contribution < -0.4 is 5.73 Å². The summed E-state index contributed by atoms with van der Waals surface area (Å²) in [6.45, 7) is 5.60. The van der Waals surface area contributed by atoms with Crippen LogP contribution in [0, 0.1) is 0 Å². The molecule has 2 heterocycles. The van der Waals surface area contributed by atoms with E-state index in [1.807, 2.05) is 4.90 Å². The lowest BCUT2D eigenvalue weighted by Crippen LogP contribution is -2.52. The fourth-order valence-electron chi connectivity index (χ4n) is 3.93. The number of piperazine rings is 1. The van der Waals surface area contributed by atoms with Crippen molar-refractivity contribution in [2.45, 2.75) is 56.6 Å². The standard InChI is InChI=1S/C16H29N3O2/c17-16(5-1-2-6-16)12-15(20)19-9-7-18(8-10-19)13-14-4-3-11-21-14/h14H,1-13,17H2. The van der Waals surface area contributed by atoms with Gasteiger partial charge in [0.1, 0.15) is 0 Å². The number of hydrogen-bond donors (Lipinski definition) is 1. The monoisotopic (exact) mass is 295 g/mol. The van der Waals surface area contributed by atoms with E-state index >= 15 is 0 Å². The first kappa shape index (κ1) is 15.3. The van der Waals surface area contributed by atoms with Gasteiger partial charge < -0.3 is 15.4 Å². The Labute approximate surface area is 127 Å². The molecule has 5 nitrogen and oxygen atoms in total. The average molecular weight is 295 g/mol. The van der Waals surface area contributed by atoms with Crippen LogP contribution in [-0.2, 0) is 9.53 Å². The maximum atomic E-state index is 12.4. The van der Waals surface area contributed by atoms with Gasteiger partial charge in [0, 0.05) is 51.3 Å². The summed E-state index contributed by atoms with van der Waals surface area (Å²) in [6, 6.07) is 0. The molecule has 2 aliphatic heterocycles. The molecule has 2 N–H and O–H groups in total. The second-order valence-electron chi connectivity index (χ2n) is 7.06. The van der Waals surface area contributed by atoms with Crippen LogP contribution in [0.1, 0.15) is 44.9 Å². The predicted octanol–water partition coefficient (Wildman–Crippen LogP) is 0.971. The van der Waals surface area contributed by atoms with Crippen LogP contribution in [0.4, 0.5) is 0 Å². The quantitative estimate of drug-likeness (QED) is 0.839. The van der Waals surface area contributed by atoms with Crippen LogP contribution in [0.25, 0.3) is 0 Å². The SMILES string of the molecule is NC1(CC(=O)N2CCN(CC3CCCO3)CC2)CCCC1. The molecule has 1 aliphatic carbocycles. The van der Waals surface area contributed by atoms with Gasteiger partial charge in [0.15, 0.2) is 0 Å². The van der Waals surface area contributed by atoms with Crippen molar-refractivity contribution in [1.82, 2.24) is 9.80 Å². The van der Waals surface area contributed by atoms with Crippen molar-refractivity contribution in [1.29, 1.82) is 0 Å². The first-order valence-electron chi connectivity index (χ1n) is 8.55. The molecule has 1 atom stereocenters. The molecule has 120 valence electrons. The number of ether oxygens (including phenoxy) is 1. The van der Waals surface area contributed by atoms with Gasteiger partial charge >= 0.3 is 0 Å². The molecule has 0 aromatic carbocycles. The molecule has 1 saturated carbocycles. The molecule has 0 radical (unpaired) electrons. The van der Waals surface area contributed by atoms with E-state index in [0.29, 0.717) is 12.5 Å². The highest BCUT2D eigenvalue weighted by molar-refractivity contribution is 5.77. The molecular weight excluding hydrogens is 266 g/mol. The summed E-state index contributed by atoms with van der Waals surface area (Å²) in [7, 11) is 0. The number of carbonyl (C=O) groups excluding carboxylic acids is 1. The number of carbonyl (C=O) groups is 1. The third-order valence-electron chi connectivity index (χ3n) is 5.31. The minimum absolute atomic E-state index is 0.216. The summed E-state index contributed by atoms with van der Waals surface area (Å²) in [4.78, 5) is 16.9. The smallest absolute Gasteiger partial charge is 0.224 e. The molecule has 0 bridgehead atoms. The van der Waals surface area contributed by atoms with Crippen LogP contribution in [-0.4, -0.2) is 66.7 Å². The van der Waals surface area contributed by atoms with Gasteiger partial charge in [-0.3, -0.25) is 9.69 Å². The van der Waals surface area contributed by atoms with E-state index in [1.54, 1.807) is 0 Å². The lowest BCUT2D eigenvalue weighted by molar-refractivity contribution is -0.134. The average Bonchev–Trinajstić information content (AvgIpc) is 3.11. The molecule has 0 aromatic rings. The normalized spacial score (nSPS) is 30.0. The summed E-state index contributed by atoms with van der Waals surface area (Å²) >= 11 is 0. The number of nitrogens with zero attached hydrogens (tertiary/aromatic N) is 2. The van der Waals surface area contributed by atoms with Crippen molar-refractivity contribution in [3.05, 3.63) is 0 Å². The van der Waals surface area contributed by atoms with Crippen LogP contribution in [0.2, 0.25) is 0 Å². The predicted molar refractivity (Wildman–Crippen MR) is 82.0 cm³/mol. The molecular formula is C16H29N3O2. The maximum absolute atomic E-state index is 12.4. The van der Waals surface area contributed by atoms with E-state index in [9.17, 15) is 4.79 Å². The zero-order chi connectivity index (χ0) is 14.7. The summed E-state index contributed by atoms with van der Waals surface area (Å²) in [5.41, 5.74) is 6.11. The van der Waals surface area contributed by atoms with Gasteiger partial charge in [-0.1, -0.05) is 12.8 Å². The zero-order valence-electron chi connectivity index (χ0n) is 13.1. The van der Waals surface area contributed by atoms with Crippen molar-refractivity contribution >= 4 is 5.91 Å². The first-order valence-corrected chi connectivity index (χ1v) is 8.55. The molecule has 0 aromatic heterocycles. The van der Waals surface area contributed by atoms with Crippen molar-refractivity contribution in [2.75, 3.05) is 39.3 Å². The Morgan fingerprint density at radius 3 is 2.48 bits per heavy atom. The number of hydrogen-bond acceptors (Lipinski definition) is 4. The third-order valence-corrected chi connectivity index (χ3v) is 5.31. The van der Waals surface area contributed by atoms with E-state index < -0.39 is 0 Å². The molecule has 3 aliphatic rings. The van der Waals surface area contributed by atoms with Crippen LogP contribution in [0.5, 0.6) is 0 Å². The topological polar surface area (TPSA) is 58.8 Å². The second-order valence-corrected chi connectivity index (χ2v) is 7.06.